The highest BCUT2D eigenvalue weighted by atomic mass is 19.3. The maximum atomic E-state index is 15.0. The van der Waals surface area contributed by atoms with Crippen LogP contribution in [0.15, 0.2) is 30.7 Å². The Morgan fingerprint density at radius 1 is 1.21 bits per heavy atom. The first-order valence-electron chi connectivity index (χ1n) is 12.2. The number of rotatable bonds is 6. The van der Waals surface area contributed by atoms with Crippen molar-refractivity contribution in [3.05, 3.63) is 47.8 Å². The quantitative estimate of drug-likeness (QED) is 0.406. The van der Waals surface area contributed by atoms with Crippen LogP contribution in [-0.4, -0.2) is 54.7 Å². The topological polar surface area (TPSA) is 143 Å². The largest absolute Gasteiger partial charge is 0.444 e. The highest BCUT2D eigenvalue weighted by Crippen LogP contribution is 2.35. The molecule has 3 aromatic rings. The van der Waals surface area contributed by atoms with E-state index in [2.05, 4.69) is 36.1 Å². The van der Waals surface area contributed by atoms with Gasteiger partial charge in [-0.15, -0.1) is 4.80 Å². The molecular formula is C25H28F3N9O2. The van der Waals surface area contributed by atoms with E-state index >= 15 is 0 Å². The zero-order chi connectivity index (χ0) is 28.4. The Morgan fingerprint density at radius 2 is 1.92 bits per heavy atom. The SMILES string of the molecule is Cc1ncc(Nc2nc(N[C@@H]3CCC(F)(F)C[C@@H]3NC(=O)OC(C)(C)C)c(F)cc2C#N)cc1-n1nccn1. The molecule has 0 bridgehead atoms. The number of amides is 1. The Bertz CT molecular complexity index is 1380. The number of aryl methyl sites for hydroxylation is 1. The summed E-state index contributed by atoms with van der Waals surface area (Å²) in [5.74, 6) is -4.12. The molecule has 1 aliphatic rings. The highest BCUT2D eigenvalue weighted by molar-refractivity contribution is 5.69. The molecule has 1 fully saturated rings. The van der Waals surface area contributed by atoms with Crippen LogP contribution in [0.4, 0.5) is 35.3 Å². The number of ether oxygens (including phenoxy) is 1. The van der Waals surface area contributed by atoms with Gasteiger partial charge < -0.3 is 20.7 Å². The van der Waals surface area contributed by atoms with Crippen molar-refractivity contribution < 1.29 is 22.7 Å². The molecule has 3 heterocycles. The number of halogens is 3. The van der Waals surface area contributed by atoms with Crippen molar-refractivity contribution in [1.82, 2.24) is 30.3 Å². The average molecular weight is 544 g/mol. The van der Waals surface area contributed by atoms with Gasteiger partial charge in [0.05, 0.1) is 41.6 Å². The maximum absolute atomic E-state index is 15.0. The second kappa shape index (κ2) is 10.8. The molecular weight excluding hydrogens is 515 g/mol. The van der Waals surface area contributed by atoms with Crippen LogP contribution in [0, 0.1) is 24.1 Å². The number of alkyl halides is 2. The number of carbonyl (C=O) groups excluding carboxylic acids is 1. The van der Waals surface area contributed by atoms with E-state index in [0.29, 0.717) is 17.1 Å². The number of hydrogen-bond donors (Lipinski definition) is 3. The second-order valence-electron chi connectivity index (χ2n) is 10.2. The summed E-state index contributed by atoms with van der Waals surface area (Å²) in [6, 6.07) is 2.72. The third-order valence-electron chi connectivity index (χ3n) is 5.90. The minimum absolute atomic E-state index is 0.0178. The molecule has 1 saturated carbocycles. The van der Waals surface area contributed by atoms with Crippen molar-refractivity contribution in [3.8, 4) is 11.8 Å². The number of nitrogens with zero attached hydrogens (tertiary/aromatic N) is 6. The van der Waals surface area contributed by atoms with E-state index in [9.17, 15) is 23.2 Å². The summed E-state index contributed by atoms with van der Waals surface area (Å²) >= 11 is 0. The molecule has 3 N–H and O–H groups in total. The van der Waals surface area contributed by atoms with Crippen LogP contribution in [-0.2, 0) is 4.74 Å². The number of aromatic nitrogens is 5. The number of anilines is 3. The molecule has 206 valence electrons. The summed E-state index contributed by atoms with van der Waals surface area (Å²) < 4.78 is 48.7. The number of alkyl carbamates (subject to hydrolysis) is 1. The van der Waals surface area contributed by atoms with Gasteiger partial charge in [0.15, 0.2) is 17.5 Å². The molecule has 0 spiro atoms. The third-order valence-corrected chi connectivity index (χ3v) is 5.90. The number of carbonyl (C=O) groups is 1. The second-order valence-corrected chi connectivity index (χ2v) is 10.2. The fraction of sp³-hybridized carbons (Fsp3) is 0.440. The van der Waals surface area contributed by atoms with Gasteiger partial charge in [-0.2, -0.15) is 15.5 Å². The van der Waals surface area contributed by atoms with Crippen LogP contribution in [0.1, 0.15) is 51.3 Å². The van der Waals surface area contributed by atoms with Gasteiger partial charge in [0.1, 0.15) is 17.4 Å². The summed E-state index contributed by atoms with van der Waals surface area (Å²) in [6.07, 6.45) is 2.48. The van der Waals surface area contributed by atoms with E-state index in [0.717, 1.165) is 6.07 Å². The predicted molar refractivity (Wildman–Crippen MR) is 135 cm³/mol. The number of pyridine rings is 2. The summed E-state index contributed by atoms with van der Waals surface area (Å²) in [5.41, 5.74) is 0.726. The standard InChI is InChI=1S/C25H28F3N9O2/c1-14-20(37-31-7-8-32-37)10-16(13-30-14)33-21-15(12-29)9-17(26)22(36-21)34-18-5-6-25(27,28)11-19(18)35-23(38)39-24(2,3)4/h7-10,13,18-19H,5-6,11H2,1-4H3,(H,35,38)(H2,33,34,36)/t18-,19+/m1/s1. The van der Waals surface area contributed by atoms with E-state index in [1.54, 1.807) is 33.8 Å². The van der Waals surface area contributed by atoms with Crippen LogP contribution in [0.5, 0.6) is 0 Å². The molecule has 39 heavy (non-hydrogen) atoms. The third kappa shape index (κ3) is 6.92. The van der Waals surface area contributed by atoms with Crippen LogP contribution in [0.3, 0.4) is 0 Å². The van der Waals surface area contributed by atoms with Gasteiger partial charge >= 0.3 is 6.09 Å². The minimum atomic E-state index is -3.01. The molecule has 1 amide bonds. The molecule has 1 aliphatic carbocycles. The van der Waals surface area contributed by atoms with Crippen LogP contribution in [0.25, 0.3) is 5.69 Å². The van der Waals surface area contributed by atoms with Crippen molar-refractivity contribution in [2.24, 2.45) is 0 Å². The van der Waals surface area contributed by atoms with E-state index in [4.69, 9.17) is 4.74 Å². The van der Waals surface area contributed by atoms with Crippen molar-refractivity contribution in [2.75, 3.05) is 10.6 Å². The summed E-state index contributed by atoms with van der Waals surface area (Å²) in [5, 5.41) is 26.0. The molecule has 0 aromatic carbocycles. The summed E-state index contributed by atoms with van der Waals surface area (Å²) in [7, 11) is 0. The fourth-order valence-electron chi connectivity index (χ4n) is 4.13. The predicted octanol–water partition coefficient (Wildman–Crippen LogP) is 4.61. The molecule has 14 heteroatoms. The maximum Gasteiger partial charge on any atom is 0.407 e. The number of nitrogens with one attached hydrogen (secondary N) is 3. The Balaban J connectivity index is 1.59. The van der Waals surface area contributed by atoms with E-state index < -0.39 is 48.4 Å². The molecule has 0 aliphatic heterocycles. The smallest absolute Gasteiger partial charge is 0.407 e. The minimum Gasteiger partial charge on any atom is -0.444 e. The van der Waals surface area contributed by atoms with Crippen molar-refractivity contribution in [3.63, 3.8) is 0 Å². The Hall–Kier alpha value is -4.41. The van der Waals surface area contributed by atoms with Gasteiger partial charge in [0, 0.05) is 18.9 Å². The lowest BCUT2D eigenvalue weighted by Gasteiger charge is -2.37. The van der Waals surface area contributed by atoms with Crippen molar-refractivity contribution in [1.29, 1.82) is 5.26 Å². The monoisotopic (exact) mass is 543 g/mol. The van der Waals surface area contributed by atoms with E-state index in [-0.39, 0.29) is 23.6 Å². The first-order chi connectivity index (χ1) is 18.3. The highest BCUT2D eigenvalue weighted by Gasteiger charge is 2.43. The molecule has 0 saturated heterocycles. The average Bonchev–Trinajstić information content (AvgIpc) is 3.37. The molecule has 2 atom stereocenters. The van der Waals surface area contributed by atoms with Crippen LogP contribution >= 0.6 is 0 Å². The number of nitriles is 1. The van der Waals surface area contributed by atoms with E-state index in [1.165, 1.54) is 23.4 Å². The zero-order valence-electron chi connectivity index (χ0n) is 21.8. The molecule has 11 nitrogen and oxygen atoms in total. The summed E-state index contributed by atoms with van der Waals surface area (Å²) in [4.78, 5) is 22.2. The number of hydrogen-bond acceptors (Lipinski definition) is 9. The lowest BCUT2D eigenvalue weighted by molar-refractivity contribution is -0.0476. The first-order valence-corrected chi connectivity index (χ1v) is 12.2. The van der Waals surface area contributed by atoms with Crippen LogP contribution < -0.4 is 16.0 Å². The van der Waals surface area contributed by atoms with Crippen molar-refractivity contribution >= 4 is 23.4 Å². The fourth-order valence-corrected chi connectivity index (χ4v) is 4.13. The Labute approximate surface area is 222 Å². The van der Waals surface area contributed by atoms with Gasteiger partial charge in [-0.1, -0.05) is 0 Å². The summed E-state index contributed by atoms with van der Waals surface area (Å²) in [6.45, 7) is 6.73. The lowest BCUT2D eigenvalue weighted by Crippen LogP contribution is -2.54. The Kier molecular flexibility index (Phi) is 7.62. The van der Waals surface area contributed by atoms with Gasteiger partial charge in [0.2, 0.25) is 5.92 Å². The first kappa shape index (κ1) is 27.6. The van der Waals surface area contributed by atoms with Crippen LogP contribution in [0.2, 0.25) is 0 Å². The zero-order valence-corrected chi connectivity index (χ0v) is 21.8. The molecule has 4 rings (SSSR count). The molecule has 0 unspecified atom stereocenters. The van der Waals surface area contributed by atoms with E-state index in [1.807, 2.05) is 6.07 Å². The van der Waals surface area contributed by atoms with Gasteiger partial charge in [-0.05, 0) is 46.2 Å². The van der Waals surface area contributed by atoms with Gasteiger partial charge in [0.25, 0.3) is 0 Å². The Morgan fingerprint density at radius 3 is 2.59 bits per heavy atom. The van der Waals surface area contributed by atoms with Gasteiger partial charge in [-0.25, -0.2) is 22.9 Å². The molecule has 3 aromatic heterocycles. The van der Waals surface area contributed by atoms with Gasteiger partial charge in [-0.3, -0.25) is 4.98 Å². The molecule has 0 radical (unpaired) electrons. The lowest BCUT2D eigenvalue weighted by atomic mass is 9.87. The normalized spacial score (nSPS) is 18.6. The van der Waals surface area contributed by atoms with Crippen molar-refractivity contribution in [2.45, 2.75) is 70.6 Å².